The number of carboxylic acid groups (broad SMARTS) is 1. The van der Waals surface area contributed by atoms with Crippen LogP contribution in [0.1, 0.15) is 69.2 Å². The Balaban J connectivity index is 5.86. The molecule has 0 aromatic heterocycles. The molecule has 4 nitrogen and oxygen atoms in total. The Hall–Kier alpha value is -0.180. The summed E-state index contributed by atoms with van der Waals surface area (Å²) >= 11 is 0. The van der Waals surface area contributed by atoms with E-state index < -0.39 is 11.6 Å². The van der Waals surface area contributed by atoms with Gasteiger partial charge in [-0.25, -0.2) is 4.79 Å². The van der Waals surface area contributed by atoms with Gasteiger partial charge in [0.1, 0.15) is 0 Å². The zero-order chi connectivity index (χ0) is 17.9. The number of aliphatic carboxylic acids is 1. The molecule has 0 spiro atoms. The van der Waals surface area contributed by atoms with Gasteiger partial charge in [0, 0.05) is 5.54 Å². The molecular formula is C17H36NO3P. The Labute approximate surface area is 138 Å². The Bertz CT molecular complexity index is 365. The second-order valence-corrected chi connectivity index (χ2v) is 11.3. The molecule has 0 aromatic carbocycles. The fourth-order valence-corrected chi connectivity index (χ4v) is 5.38. The molecule has 0 heterocycles. The molecule has 0 saturated carbocycles. The molecule has 0 aromatic rings. The van der Waals surface area contributed by atoms with Crippen molar-refractivity contribution in [2.75, 3.05) is 12.3 Å². The number of nitrogens with zero attached hydrogens (tertiary/aromatic N) is 1. The van der Waals surface area contributed by atoms with E-state index in [1.165, 1.54) is 0 Å². The average molecular weight is 333 g/mol. The summed E-state index contributed by atoms with van der Waals surface area (Å²) in [5, 5.41) is 11.4. The molecule has 1 unspecified atom stereocenters. The van der Waals surface area contributed by atoms with E-state index in [0.29, 0.717) is 0 Å². The first-order chi connectivity index (χ1) is 9.68. The minimum absolute atomic E-state index is 0.0135. The maximum absolute atomic E-state index is 11.5. The lowest BCUT2D eigenvalue weighted by Gasteiger charge is -2.51. The van der Waals surface area contributed by atoms with Crippen molar-refractivity contribution in [3.05, 3.63) is 0 Å². The summed E-state index contributed by atoms with van der Waals surface area (Å²) in [6.07, 6.45) is 2.22. The van der Waals surface area contributed by atoms with Crippen molar-refractivity contribution in [1.82, 2.24) is 5.06 Å². The summed E-state index contributed by atoms with van der Waals surface area (Å²) < 4.78 is 0. The molecule has 1 N–H and O–H groups in total. The molecule has 0 radical (unpaired) electrons. The summed E-state index contributed by atoms with van der Waals surface area (Å²) in [5.41, 5.74) is -1.49. The zero-order valence-corrected chi connectivity index (χ0v) is 17.0. The monoisotopic (exact) mass is 333 g/mol. The van der Waals surface area contributed by atoms with Crippen LogP contribution >= 0.6 is 7.92 Å². The summed E-state index contributed by atoms with van der Waals surface area (Å²) in [5.74, 6) is -0.733. The van der Waals surface area contributed by atoms with Gasteiger partial charge in [-0.2, -0.15) is 5.06 Å². The molecule has 0 saturated heterocycles. The first kappa shape index (κ1) is 21.8. The normalized spacial score (nSPS) is 15.5. The van der Waals surface area contributed by atoms with Crippen molar-refractivity contribution in [2.45, 2.75) is 86.2 Å². The second kappa shape index (κ2) is 7.59. The van der Waals surface area contributed by atoms with E-state index in [-0.39, 0.29) is 24.7 Å². The maximum Gasteiger partial charge on any atom is 0.337 e. The molecule has 1 atom stereocenters. The third-order valence-corrected chi connectivity index (χ3v) is 6.96. The van der Waals surface area contributed by atoms with Crippen LogP contribution in [0.3, 0.4) is 0 Å². The number of carbonyl (C=O) groups is 1. The van der Waals surface area contributed by atoms with E-state index >= 15 is 0 Å². The summed E-state index contributed by atoms with van der Waals surface area (Å²) in [6.45, 7) is 20.6. The Kier molecular flexibility index (Phi) is 7.53. The van der Waals surface area contributed by atoms with Crippen LogP contribution in [0, 0.1) is 5.41 Å². The predicted octanol–water partition coefficient (Wildman–Crippen LogP) is 4.78. The van der Waals surface area contributed by atoms with Crippen molar-refractivity contribution >= 4 is 13.9 Å². The van der Waals surface area contributed by atoms with Crippen molar-refractivity contribution in [1.29, 1.82) is 0 Å². The van der Waals surface area contributed by atoms with Crippen LogP contribution in [0.15, 0.2) is 0 Å². The number of carboxylic acids is 1. The van der Waals surface area contributed by atoms with Gasteiger partial charge in [0.2, 0.25) is 0 Å². The topological polar surface area (TPSA) is 49.8 Å². The quantitative estimate of drug-likeness (QED) is 0.538. The fourth-order valence-electron chi connectivity index (χ4n) is 2.46. The van der Waals surface area contributed by atoms with E-state index in [0.717, 1.165) is 12.3 Å². The number of hydrogen-bond donors (Lipinski definition) is 1. The zero-order valence-electron chi connectivity index (χ0n) is 16.1. The van der Waals surface area contributed by atoms with Gasteiger partial charge in [0.25, 0.3) is 0 Å². The second-order valence-electron chi connectivity index (χ2n) is 8.36. The van der Waals surface area contributed by atoms with Crippen LogP contribution in [-0.2, 0) is 9.63 Å². The predicted molar refractivity (Wildman–Crippen MR) is 95.6 cm³/mol. The molecule has 0 fully saturated rings. The molecule has 0 aliphatic heterocycles. The van der Waals surface area contributed by atoms with E-state index in [9.17, 15) is 9.90 Å². The number of hydroxylamine groups is 2. The van der Waals surface area contributed by atoms with Gasteiger partial charge in [-0.05, 0) is 52.4 Å². The third-order valence-electron chi connectivity index (χ3n) is 3.66. The van der Waals surface area contributed by atoms with Crippen molar-refractivity contribution in [3.63, 3.8) is 0 Å². The number of rotatable bonds is 7. The van der Waals surface area contributed by atoms with Gasteiger partial charge in [-0.1, -0.05) is 42.5 Å². The lowest BCUT2D eigenvalue weighted by molar-refractivity contribution is -0.287. The lowest BCUT2D eigenvalue weighted by atomic mass is 9.94. The molecule has 0 rings (SSSR count). The summed E-state index contributed by atoms with van der Waals surface area (Å²) in [7, 11) is -0.276. The molecular weight excluding hydrogens is 297 g/mol. The van der Waals surface area contributed by atoms with Gasteiger partial charge in [-0.3, -0.25) is 4.84 Å². The van der Waals surface area contributed by atoms with Crippen molar-refractivity contribution < 1.29 is 14.7 Å². The molecule has 0 aliphatic rings. The van der Waals surface area contributed by atoms with E-state index in [1.807, 2.05) is 5.06 Å². The van der Waals surface area contributed by atoms with Gasteiger partial charge in [0.15, 0.2) is 5.60 Å². The van der Waals surface area contributed by atoms with Crippen LogP contribution in [0.2, 0.25) is 0 Å². The summed E-state index contributed by atoms with van der Waals surface area (Å²) in [4.78, 5) is 17.6. The first-order valence-electron chi connectivity index (χ1n) is 8.14. The van der Waals surface area contributed by atoms with Gasteiger partial charge in [-0.15, -0.1) is 0 Å². The van der Waals surface area contributed by atoms with Crippen LogP contribution in [0.5, 0.6) is 0 Å². The van der Waals surface area contributed by atoms with Crippen LogP contribution in [-0.4, -0.2) is 45.4 Å². The van der Waals surface area contributed by atoms with E-state index in [4.69, 9.17) is 4.84 Å². The van der Waals surface area contributed by atoms with Crippen LogP contribution in [0.4, 0.5) is 0 Å². The average Bonchev–Trinajstić information content (AvgIpc) is 2.30. The highest BCUT2D eigenvalue weighted by Crippen LogP contribution is 2.52. The standard InChI is InChI=1S/C17H36NO3P/c1-11-22(12-2)13(15(3,4)5)18(16(6,7)8)21-17(9,10)14(19)20/h13H,11-12H2,1-10H3,(H,19,20). The van der Waals surface area contributed by atoms with Gasteiger partial charge in [0.05, 0.1) is 5.78 Å². The van der Waals surface area contributed by atoms with Crippen LogP contribution in [0.25, 0.3) is 0 Å². The van der Waals surface area contributed by atoms with E-state index in [2.05, 4.69) is 55.4 Å². The Morgan fingerprint density at radius 1 is 1.05 bits per heavy atom. The highest BCUT2D eigenvalue weighted by atomic mass is 31.1. The molecule has 0 amide bonds. The van der Waals surface area contributed by atoms with Crippen LogP contribution < -0.4 is 0 Å². The lowest BCUT2D eigenvalue weighted by Crippen LogP contribution is -2.57. The summed E-state index contributed by atoms with van der Waals surface area (Å²) in [6, 6.07) is 0. The molecule has 22 heavy (non-hydrogen) atoms. The Morgan fingerprint density at radius 3 is 1.68 bits per heavy atom. The van der Waals surface area contributed by atoms with Gasteiger partial charge < -0.3 is 5.11 Å². The molecule has 0 bridgehead atoms. The van der Waals surface area contributed by atoms with Crippen molar-refractivity contribution in [3.8, 4) is 0 Å². The fraction of sp³-hybridized carbons (Fsp3) is 0.941. The van der Waals surface area contributed by atoms with E-state index in [1.54, 1.807) is 13.8 Å². The molecule has 0 aliphatic carbocycles. The smallest absolute Gasteiger partial charge is 0.337 e. The minimum Gasteiger partial charge on any atom is -0.479 e. The largest absolute Gasteiger partial charge is 0.479 e. The third kappa shape index (κ3) is 5.79. The maximum atomic E-state index is 11.5. The molecule has 5 heteroatoms. The minimum atomic E-state index is -1.24. The highest BCUT2D eigenvalue weighted by Gasteiger charge is 2.45. The van der Waals surface area contributed by atoms with Gasteiger partial charge >= 0.3 is 5.97 Å². The first-order valence-corrected chi connectivity index (χ1v) is 9.92. The number of hydrogen-bond acceptors (Lipinski definition) is 3. The van der Waals surface area contributed by atoms with Crippen molar-refractivity contribution in [2.24, 2.45) is 5.41 Å². The molecule has 132 valence electrons. The SMILES string of the molecule is CCP(CC)C(N(OC(C)(C)C(=O)O)C(C)(C)C)C(C)(C)C. The Morgan fingerprint density at radius 2 is 1.45 bits per heavy atom. The highest BCUT2D eigenvalue weighted by molar-refractivity contribution is 7.58.